The van der Waals surface area contributed by atoms with E-state index in [0.29, 0.717) is 11.8 Å². The lowest BCUT2D eigenvalue weighted by Gasteiger charge is -2.17. The van der Waals surface area contributed by atoms with Gasteiger partial charge in [-0.15, -0.1) is 0 Å². The molecule has 0 fully saturated rings. The Bertz CT molecular complexity index is 923. The van der Waals surface area contributed by atoms with Gasteiger partial charge in [-0.2, -0.15) is 0 Å². The van der Waals surface area contributed by atoms with E-state index in [9.17, 15) is 0 Å². The molecule has 2 atom stereocenters. The molecule has 0 aromatic heterocycles. The zero-order valence-corrected chi connectivity index (χ0v) is 14.8. The van der Waals surface area contributed by atoms with Crippen molar-refractivity contribution in [3.8, 4) is 0 Å². The highest BCUT2D eigenvalue weighted by Gasteiger charge is 2.21. The summed E-state index contributed by atoms with van der Waals surface area (Å²) in [7, 11) is 0. The number of fused-ring (bicyclic) bond motifs is 2. The lowest BCUT2D eigenvalue weighted by Crippen LogP contribution is -2.05. The Balaban J connectivity index is 1.41. The molecule has 0 saturated carbocycles. The minimum atomic E-state index is 0.499. The third-order valence-electron chi connectivity index (χ3n) is 5.81. The topological polar surface area (TPSA) is 0 Å². The second-order valence-corrected chi connectivity index (χ2v) is 7.37. The Hall–Kier alpha value is -2.86. The van der Waals surface area contributed by atoms with Crippen LogP contribution >= 0.6 is 0 Å². The van der Waals surface area contributed by atoms with E-state index in [0.717, 1.165) is 12.8 Å². The number of rotatable bonds is 4. The third-order valence-corrected chi connectivity index (χ3v) is 5.81. The first-order valence-electron chi connectivity index (χ1n) is 9.49. The zero-order chi connectivity index (χ0) is 17.3. The monoisotopic (exact) mass is 334 g/mol. The number of hydrogen-bond donors (Lipinski definition) is 0. The summed E-state index contributed by atoms with van der Waals surface area (Å²) in [5, 5.41) is 0. The van der Waals surface area contributed by atoms with Crippen LogP contribution in [0.5, 0.6) is 0 Å². The lowest BCUT2D eigenvalue weighted by atomic mass is 9.87. The largest absolute Gasteiger partial charge is 0.0760 e. The lowest BCUT2D eigenvalue weighted by molar-refractivity contribution is 0.799. The Kier molecular flexibility index (Phi) is 3.83. The standard InChI is InChI=1S/C26H22/c1-2-10-22(18-24-16-14-20-8-4-6-12-26(20)24)21(9-1)17-23-15-13-19-7-3-5-11-25(19)23/h1-16,23-24H,17-18H2. The van der Waals surface area contributed by atoms with E-state index in [-0.39, 0.29) is 0 Å². The van der Waals surface area contributed by atoms with Crippen molar-refractivity contribution < 1.29 is 0 Å². The first-order chi connectivity index (χ1) is 12.9. The Morgan fingerprint density at radius 1 is 0.500 bits per heavy atom. The number of allylic oxidation sites excluding steroid dienone is 2. The van der Waals surface area contributed by atoms with Gasteiger partial charge in [-0.3, -0.25) is 0 Å². The van der Waals surface area contributed by atoms with Crippen LogP contribution in [0.3, 0.4) is 0 Å². The highest BCUT2D eigenvalue weighted by Crippen LogP contribution is 2.36. The van der Waals surface area contributed by atoms with E-state index in [2.05, 4.69) is 97.1 Å². The fraction of sp³-hybridized carbons (Fsp3) is 0.154. The van der Waals surface area contributed by atoms with Gasteiger partial charge in [0.2, 0.25) is 0 Å². The van der Waals surface area contributed by atoms with Gasteiger partial charge in [0.15, 0.2) is 0 Å². The smallest absolute Gasteiger partial charge is 0.00677 e. The van der Waals surface area contributed by atoms with Gasteiger partial charge in [-0.1, -0.05) is 97.1 Å². The third kappa shape index (κ3) is 2.72. The van der Waals surface area contributed by atoms with Crippen LogP contribution in [0.15, 0.2) is 84.9 Å². The zero-order valence-electron chi connectivity index (χ0n) is 14.8. The highest BCUT2D eigenvalue weighted by atomic mass is 14.2. The van der Waals surface area contributed by atoms with Crippen molar-refractivity contribution in [2.45, 2.75) is 24.7 Å². The SMILES string of the molecule is C1=CC(Cc2ccccc2CC2C=Cc3ccccc32)c2ccccc21. The molecular formula is C26H22. The predicted molar refractivity (Wildman–Crippen MR) is 110 cm³/mol. The van der Waals surface area contributed by atoms with E-state index in [4.69, 9.17) is 0 Å². The molecule has 26 heavy (non-hydrogen) atoms. The minimum absolute atomic E-state index is 0.499. The summed E-state index contributed by atoms with van der Waals surface area (Å²) in [4.78, 5) is 0. The molecule has 126 valence electrons. The van der Waals surface area contributed by atoms with E-state index >= 15 is 0 Å². The van der Waals surface area contributed by atoms with Gasteiger partial charge >= 0.3 is 0 Å². The summed E-state index contributed by atoms with van der Waals surface area (Å²) in [6.45, 7) is 0. The van der Waals surface area contributed by atoms with Crippen LogP contribution < -0.4 is 0 Å². The van der Waals surface area contributed by atoms with Crippen molar-refractivity contribution >= 4 is 12.2 Å². The summed E-state index contributed by atoms with van der Waals surface area (Å²) in [5.74, 6) is 0.998. The number of hydrogen-bond acceptors (Lipinski definition) is 0. The molecule has 0 nitrogen and oxygen atoms in total. The molecule has 2 unspecified atom stereocenters. The molecule has 0 bridgehead atoms. The summed E-state index contributed by atoms with van der Waals surface area (Å²) in [6.07, 6.45) is 11.5. The molecule has 5 rings (SSSR count). The fourth-order valence-corrected chi connectivity index (χ4v) is 4.43. The van der Waals surface area contributed by atoms with Gasteiger partial charge < -0.3 is 0 Å². The molecule has 2 aliphatic rings. The number of benzene rings is 3. The quantitative estimate of drug-likeness (QED) is 0.518. The molecule has 2 aliphatic carbocycles. The van der Waals surface area contributed by atoms with Gasteiger partial charge in [-0.05, 0) is 46.2 Å². The van der Waals surface area contributed by atoms with Crippen LogP contribution in [0.4, 0.5) is 0 Å². The molecule has 3 aromatic rings. The maximum Gasteiger partial charge on any atom is 0.00677 e. The Morgan fingerprint density at radius 3 is 1.42 bits per heavy atom. The van der Waals surface area contributed by atoms with Gasteiger partial charge in [0.1, 0.15) is 0 Å². The van der Waals surface area contributed by atoms with Crippen molar-refractivity contribution in [3.63, 3.8) is 0 Å². The first-order valence-corrected chi connectivity index (χ1v) is 9.49. The van der Waals surface area contributed by atoms with Crippen LogP contribution in [0.25, 0.3) is 12.2 Å². The van der Waals surface area contributed by atoms with E-state index < -0.39 is 0 Å². The maximum atomic E-state index is 2.37. The van der Waals surface area contributed by atoms with Crippen LogP contribution in [-0.2, 0) is 12.8 Å². The first kappa shape index (κ1) is 15.4. The average Bonchev–Trinajstić information content (AvgIpc) is 3.28. The highest BCUT2D eigenvalue weighted by molar-refractivity contribution is 5.64. The van der Waals surface area contributed by atoms with Crippen LogP contribution in [0.2, 0.25) is 0 Å². The van der Waals surface area contributed by atoms with Crippen molar-refractivity contribution in [2.75, 3.05) is 0 Å². The van der Waals surface area contributed by atoms with Crippen LogP contribution in [0, 0.1) is 0 Å². The van der Waals surface area contributed by atoms with Crippen molar-refractivity contribution in [3.05, 3.63) is 118 Å². The van der Waals surface area contributed by atoms with Gasteiger partial charge in [-0.25, -0.2) is 0 Å². The molecule has 0 spiro atoms. The van der Waals surface area contributed by atoms with Crippen molar-refractivity contribution in [1.82, 2.24) is 0 Å². The van der Waals surface area contributed by atoms with E-state index in [1.54, 1.807) is 0 Å². The van der Waals surface area contributed by atoms with E-state index in [1.807, 2.05) is 0 Å². The second-order valence-electron chi connectivity index (χ2n) is 7.37. The molecule has 0 aliphatic heterocycles. The summed E-state index contributed by atoms with van der Waals surface area (Å²) in [6, 6.07) is 26.6. The van der Waals surface area contributed by atoms with E-state index in [1.165, 1.54) is 33.4 Å². The minimum Gasteiger partial charge on any atom is -0.0760 e. The molecule has 0 N–H and O–H groups in total. The summed E-state index contributed by atoms with van der Waals surface area (Å²) >= 11 is 0. The molecule has 0 heteroatoms. The van der Waals surface area contributed by atoms with Gasteiger partial charge in [0.25, 0.3) is 0 Å². The molecule has 0 amide bonds. The van der Waals surface area contributed by atoms with Crippen molar-refractivity contribution in [1.29, 1.82) is 0 Å². The second kappa shape index (κ2) is 6.46. The van der Waals surface area contributed by atoms with Gasteiger partial charge in [0, 0.05) is 11.8 Å². The molecule has 0 saturated heterocycles. The molecule has 3 aromatic carbocycles. The summed E-state index contributed by atoms with van der Waals surface area (Å²) < 4.78 is 0. The Labute approximate surface area is 155 Å². The average molecular weight is 334 g/mol. The van der Waals surface area contributed by atoms with Crippen LogP contribution in [0.1, 0.15) is 45.2 Å². The van der Waals surface area contributed by atoms with Crippen LogP contribution in [-0.4, -0.2) is 0 Å². The Morgan fingerprint density at radius 2 is 0.923 bits per heavy atom. The molecular weight excluding hydrogens is 312 g/mol. The maximum absolute atomic E-state index is 2.37. The van der Waals surface area contributed by atoms with Gasteiger partial charge in [0.05, 0.1) is 0 Å². The normalized spacial score (nSPS) is 19.5. The van der Waals surface area contributed by atoms with Crippen molar-refractivity contribution in [2.24, 2.45) is 0 Å². The fourth-order valence-electron chi connectivity index (χ4n) is 4.43. The molecule has 0 heterocycles. The summed E-state index contributed by atoms with van der Waals surface area (Å²) in [5.41, 5.74) is 8.65. The predicted octanol–water partition coefficient (Wildman–Crippen LogP) is 6.39. The molecule has 0 radical (unpaired) electrons.